The van der Waals surface area contributed by atoms with Crippen molar-refractivity contribution >= 4 is 11.9 Å². The Morgan fingerprint density at radius 2 is 1.53 bits per heavy atom. The molecular weight excluding hydrogens is 380 g/mol. The van der Waals surface area contributed by atoms with E-state index >= 15 is 0 Å². The first-order valence-electron chi connectivity index (χ1n) is 9.87. The van der Waals surface area contributed by atoms with Gasteiger partial charge in [-0.15, -0.1) is 0 Å². The highest BCUT2D eigenvalue weighted by Gasteiger charge is 2.30. The van der Waals surface area contributed by atoms with Gasteiger partial charge < -0.3 is 14.9 Å². The van der Waals surface area contributed by atoms with Crippen molar-refractivity contribution in [3.63, 3.8) is 0 Å². The average molecular weight is 402 g/mol. The molecule has 0 bridgehead atoms. The number of ether oxygens (including phenoxy) is 1. The van der Waals surface area contributed by atoms with E-state index < -0.39 is 17.9 Å². The molecule has 5 nitrogen and oxygen atoms in total. The standard InChI is InChI=1S/C25H22O5/c26-18-7-5-6-16(13-18)12-17(25(28)29)14-24(27)30-15-23-21-10-3-1-8-19(21)20-9-2-4-11-22(20)23/h1-11,13,17,23,26H,12,14-15H2,(H,28,29). The van der Waals surface area contributed by atoms with Crippen LogP contribution in [0.4, 0.5) is 0 Å². The number of rotatable bonds is 7. The maximum absolute atomic E-state index is 12.5. The SMILES string of the molecule is O=C(CC(Cc1cccc(O)c1)C(=O)O)OCC1c2ccccc2-c2ccccc21. The molecule has 3 aromatic rings. The summed E-state index contributed by atoms with van der Waals surface area (Å²) in [6.45, 7) is 0.172. The fraction of sp³-hybridized carbons (Fsp3) is 0.200. The number of hydrogen-bond donors (Lipinski definition) is 2. The van der Waals surface area contributed by atoms with Crippen LogP contribution in [0.1, 0.15) is 29.0 Å². The van der Waals surface area contributed by atoms with Gasteiger partial charge in [0.25, 0.3) is 0 Å². The first kappa shape index (κ1) is 19.7. The van der Waals surface area contributed by atoms with Gasteiger partial charge in [0.05, 0.1) is 12.3 Å². The number of carboxylic acids is 1. The number of carboxylic acid groups (broad SMARTS) is 1. The first-order chi connectivity index (χ1) is 14.5. The molecule has 0 radical (unpaired) electrons. The topological polar surface area (TPSA) is 83.8 Å². The fourth-order valence-electron chi connectivity index (χ4n) is 4.09. The van der Waals surface area contributed by atoms with Crippen molar-refractivity contribution in [1.29, 1.82) is 0 Å². The van der Waals surface area contributed by atoms with Gasteiger partial charge in [0.15, 0.2) is 0 Å². The molecular formula is C25H22O5. The van der Waals surface area contributed by atoms with Crippen molar-refractivity contribution in [1.82, 2.24) is 0 Å². The van der Waals surface area contributed by atoms with Crippen LogP contribution in [0.25, 0.3) is 11.1 Å². The molecule has 1 aliphatic rings. The van der Waals surface area contributed by atoms with Crippen molar-refractivity contribution in [2.45, 2.75) is 18.8 Å². The number of aromatic hydroxyl groups is 1. The Hall–Kier alpha value is -3.60. The molecule has 1 aliphatic carbocycles. The summed E-state index contributed by atoms with van der Waals surface area (Å²) in [5.74, 6) is -2.51. The molecule has 1 atom stereocenters. The number of fused-ring (bicyclic) bond motifs is 3. The molecule has 2 N–H and O–H groups in total. The Morgan fingerprint density at radius 1 is 0.900 bits per heavy atom. The number of phenols is 1. The lowest BCUT2D eigenvalue weighted by Crippen LogP contribution is -2.22. The van der Waals surface area contributed by atoms with Crippen LogP contribution in [0.3, 0.4) is 0 Å². The number of esters is 1. The summed E-state index contributed by atoms with van der Waals surface area (Å²) >= 11 is 0. The van der Waals surface area contributed by atoms with Crippen molar-refractivity contribution in [2.75, 3.05) is 6.61 Å². The van der Waals surface area contributed by atoms with E-state index in [4.69, 9.17) is 4.74 Å². The molecule has 0 saturated heterocycles. The van der Waals surface area contributed by atoms with Crippen molar-refractivity contribution in [3.8, 4) is 16.9 Å². The zero-order chi connectivity index (χ0) is 21.1. The second-order valence-electron chi connectivity index (χ2n) is 7.52. The molecule has 0 heterocycles. The maximum atomic E-state index is 12.5. The van der Waals surface area contributed by atoms with Gasteiger partial charge in [0.2, 0.25) is 0 Å². The van der Waals surface area contributed by atoms with Crippen LogP contribution in [-0.4, -0.2) is 28.8 Å². The van der Waals surface area contributed by atoms with Crippen LogP contribution < -0.4 is 0 Å². The van der Waals surface area contributed by atoms with Gasteiger partial charge in [-0.25, -0.2) is 0 Å². The summed E-state index contributed by atoms with van der Waals surface area (Å²) in [5, 5.41) is 19.1. The first-order valence-corrected chi connectivity index (χ1v) is 9.87. The molecule has 0 aromatic heterocycles. The molecule has 0 spiro atoms. The van der Waals surface area contributed by atoms with Crippen LogP contribution >= 0.6 is 0 Å². The number of carbonyl (C=O) groups is 2. The fourth-order valence-corrected chi connectivity index (χ4v) is 4.09. The summed E-state index contributed by atoms with van der Waals surface area (Å²) in [6, 6.07) is 22.5. The largest absolute Gasteiger partial charge is 0.508 e. The monoisotopic (exact) mass is 402 g/mol. The summed E-state index contributed by atoms with van der Waals surface area (Å²) in [7, 11) is 0. The molecule has 0 saturated carbocycles. The predicted octanol–water partition coefficient (Wildman–Crippen LogP) is 4.38. The Balaban J connectivity index is 1.43. The Kier molecular flexibility index (Phi) is 5.53. The molecule has 1 unspecified atom stereocenters. The van der Waals surface area contributed by atoms with Gasteiger partial charge in [0, 0.05) is 5.92 Å². The molecule has 0 aliphatic heterocycles. The molecule has 5 heteroatoms. The number of benzene rings is 3. The Bertz CT molecular complexity index is 1040. The van der Waals surface area contributed by atoms with E-state index in [2.05, 4.69) is 12.1 Å². The number of phenolic OH excluding ortho intramolecular Hbond substituents is 1. The zero-order valence-corrected chi connectivity index (χ0v) is 16.3. The Morgan fingerprint density at radius 3 is 2.13 bits per heavy atom. The van der Waals surface area contributed by atoms with Gasteiger partial charge in [0.1, 0.15) is 12.4 Å². The molecule has 30 heavy (non-hydrogen) atoms. The summed E-state index contributed by atoms with van der Waals surface area (Å²) in [5.41, 5.74) is 5.17. The average Bonchev–Trinajstić information content (AvgIpc) is 3.06. The predicted molar refractivity (Wildman–Crippen MR) is 112 cm³/mol. The lowest BCUT2D eigenvalue weighted by atomic mass is 9.96. The third-order valence-corrected chi connectivity index (χ3v) is 5.53. The lowest BCUT2D eigenvalue weighted by molar-refractivity contribution is -0.151. The molecule has 3 aromatic carbocycles. The maximum Gasteiger partial charge on any atom is 0.307 e. The highest BCUT2D eigenvalue weighted by Crippen LogP contribution is 2.44. The van der Waals surface area contributed by atoms with Crippen molar-refractivity contribution < 1.29 is 24.5 Å². The number of carbonyl (C=O) groups excluding carboxylic acids is 1. The second kappa shape index (κ2) is 8.41. The lowest BCUT2D eigenvalue weighted by Gasteiger charge is -2.16. The number of hydrogen-bond acceptors (Lipinski definition) is 4. The minimum Gasteiger partial charge on any atom is -0.508 e. The van der Waals surface area contributed by atoms with Crippen molar-refractivity contribution in [2.24, 2.45) is 5.92 Å². The van der Waals surface area contributed by atoms with E-state index in [-0.39, 0.29) is 31.1 Å². The summed E-state index contributed by atoms with van der Waals surface area (Å²) in [4.78, 5) is 24.1. The van der Waals surface area contributed by atoms with Crippen LogP contribution in [-0.2, 0) is 20.7 Å². The minimum atomic E-state index is -1.06. The zero-order valence-electron chi connectivity index (χ0n) is 16.3. The highest BCUT2D eigenvalue weighted by molar-refractivity contribution is 5.80. The van der Waals surface area contributed by atoms with E-state index in [0.717, 1.165) is 22.3 Å². The number of aliphatic carboxylic acids is 1. The van der Waals surface area contributed by atoms with E-state index in [1.54, 1.807) is 12.1 Å². The van der Waals surface area contributed by atoms with E-state index in [9.17, 15) is 19.8 Å². The van der Waals surface area contributed by atoms with E-state index in [1.807, 2.05) is 36.4 Å². The van der Waals surface area contributed by atoms with Crippen LogP contribution in [0, 0.1) is 5.92 Å². The van der Waals surface area contributed by atoms with E-state index in [1.165, 1.54) is 12.1 Å². The van der Waals surface area contributed by atoms with Crippen molar-refractivity contribution in [3.05, 3.63) is 89.5 Å². The third-order valence-electron chi connectivity index (χ3n) is 5.53. The normalized spacial score (nSPS) is 13.3. The second-order valence-corrected chi connectivity index (χ2v) is 7.52. The van der Waals surface area contributed by atoms with Crippen LogP contribution in [0.5, 0.6) is 5.75 Å². The molecule has 152 valence electrons. The van der Waals surface area contributed by atoms with Gasteiger partial charge in [-0.2, -0.15) is 0 Å². The summed E-state index contributed by atoms with van der Waals surface area (Å²) < 4.78 is 5.53. The molecule has 0 amide bonds. The van der Waals surface area contributed by atoms with E-state index in [0.29, 0.717) is 5.56 Å². The molecule has 4 rings (SSSR count). The van der Waals surface area contributed by atoms with Gasteiger partial charge in [-0.1, -0.05) is 60.7 Å². The minimum absolute atomic E-state index is 0.0595. The van der Waals surface area contributed by atoms with Gasteiger partial charge >= 0.3 is 11.9 Å². The van der Waals surface area contributed by atoms with Crippen LogP contribution in [0.15, 0.2) is 72.8 Å². The quantitative estimate of drug-likeness (QED) is 0.573. The van der Waals surface area contributed by atoms with Gasteiger partial charge in [-0.05, 0) is 46.4 Å². The van der Waals surface area contributed by atoms with Gasteiger partial charge in [-0.3, -0.25) is 9.59 Å². The summed E-state index contributed by atoms with van der Waals surface area (Å²) in [6.07, 6.45) is -0.0745. The smallest absolute Gasteiger partial charge is 0.307 e. The Labute approximate surface area is 174 Å². The highest BCUT2D eigenvalue weighted by atomic mass is 16.5. The molecule has 0 fully saturated rings. The van der Waals surface area contributed by atoms with Crippen LogP contribution in [0.2, 0.25) is 0 Å². The third kappa shape index (κ3) is 4.06.